The van der Waals surface area contributed by atoms with E-state index in [0.29, 0.717) is 18.3 Å². The number of hydrogen-bond donors (Lipinski definition) is 2. The van der Waals surface area contributed by atoms with Crippen LogP contribution >= 0.6 is 0 Å². The van der Waals surface area contributed by atoms with E-state index >= 15 is 0 Å². The molecule has 0 bridgehead atoms. The number of rotatable bonds is 7. The molecule has 3 heterocycles. The molecule has 2 fully saturated rings. The number of anilines is 1. The molecule has 1 saturated heterocycles. The zero-order chi connectivity index (χ0) is 19.8. The first-order chi connectivity index (χ1) is 14.2. The third-order valence-corrected chi connectivity index (χ3v) is 5.67. The van der Waals surface area contributed by atoms with Gasteiger partial charge in [-0.3, -0.25) is 9.89 Å². The van der Waals surface area contributed by atoms with Gasteiger partial charge in [0.05, 0.1) is 17.1 Å². The molecule has 148 valence electrons. The van der Waals surface area contributed by atoms with Gasteiger partial charge < -0.3 is 10.6 Å². The highest BCUT2D eigenvalue weighted by atomic mass is 16.1. The Hall–Kier alpha value is -3.22. The van der Waals surface area contributed by atoms with Crippen molar-refractivity contribution in [2.45, 2.75) is 44.1 Å². The van der Waals surface area contributed by atoms with Gasteiger partial charge in [-0.1, -0.05) is 30.3 Å². The summed E-state index contributed by atoms with van der Waals surface area (Å²) in [6.07, 6.45) is 4.59. The van der Waals surface area contributed by atoms with Gasteiger partial charge in [-0.25, -0.2) is 9.97 Å². The number of nitrogens with one attached hydrogen (secondary N) is 1. The van der Waals surface area contributed by atoms with Gasteiger partial charge in [0.1, 0.15) is 6.04 Å². The SMILES string of the molecule is NC(=O)[C@@H]1CCN1c1nc(Cc2ccccc2)cc(Cc2cc(C3CC3)n[nH]2)n1. The van der Waals surface area contributed by atoms with Crippen LogP contribution in [0.2, 0.25) is 0 Å². The number of hydrogen-bond acceptors (Lipinski definition) is 5. The van der Waals surface area contributed by atoms with E-state index in [9.17, 15) is 4.79 Å². The largest absolute Gasteiger partial charge is 0.368 e. The van der Waals surface area contributed by atoms with E-state index in [0.717, 1.165) is 42.2 Å². The zero-order valence-electron chi connectivity index (χ0n) is 16.2. The van der Waals surface area contributed by atoms with Crippen LogP contribution in [-0.4, -0.2) is 38.7 Å². The second-order valence-corrected chi connectivity index (χ2v) is 7.98. The van der Waals surface area contributed by atoms with Crippen LogP contribution in [0, 0.1) is 0 Å². The number of primary amides is 1. The summed E-state index contributed by atoms with van der Waals surface area (Å²) in [5.41, 5.74) is 10.8. The molecular weight excluding hydrogens is 364 g/mol. The maximum Gasteiger partial charge on any atom is 0.240 e. The number of aromatic nitrogens is 4. The van der Waals surface area contributed by atoms with Gasteiger partial charge in [0.25, 0.3) is 0 Å². The molecule has 3 N–H and O–H groups in total. The van der Waals surface area contributed by atoms with Crippen molar-refractivity contribution >= 4 is 11.9 Å². The van der Waals surface area contributed by atoms with Crippen LogP contribution in [0.3, 0.4) is 0 Å². The smallest absolute Gasteiger partial charge is 0.240 e. The van der Waals surface area contributed by atoms with Crippen LogP contribution in [0.15, 0.2) is 42.5 Å². The Labute approximate surface area is 169 Å². The monoisotopic (exact) mass is 388 g/mol. The lowest BCUT2D eigenvalue weighted by molar-refractivity contribution is -0.120. The van der Waals surface area contributed by atoms with Crippen molar-refractivity contribution in [1.82, 2.24) is 20.2 Å². The molecule has 1 aliphatic carbocycles. The molecule has 0 unspecified atom stereocenters. The van der Waals surface area contributed by atoms with E-state index in [1.165, 1.54) is 18.4 Å². The first kappa shape index (κ1) is 17.8. The summed E-state index contributed by atoms with van der Waals surface area (Å²) >= 11 is 0. The topological polar surface area (TPSA) is 101 Å². The molecule has 2 aromatic heterocycles. The summed E-state index contributed by atoms with van der Waals surface area (Å²) in [6, 6.07) is 14.1. The minimum absolute atomic E-state index is 0.316. The minimum Gasteiger partial charge on any atom is -0.368 e. The maximum absolute atomic E-state index is 11.7. The Morgan fingerprint density at radius 2 is 1.83 bits per heavy atom. The van der Waals surface area contributed by atoms with Crippen LogP contribution in [0.25, 0.3) is 0 Å². The normalized spacial score (nSPS) is 18.5. The van der Waals surface area contributed by atoms with Crippen molar-refractivity contribution in [3.63, 3.8) is 0 Å². The quantitative estimate of drug-likeness (QED) is 0.647. The molecule has 5 rings (SSSR count). The predicted octanol–water partition coefficient (Wildman–Crippen LogP) is 2.32. The fraction of sp³-hybridized carbons (Fsp3) is 0.364. The first-order valence-electron chi connectivity index (χ1n) is 10.2. The molecule has 1 amide bonds. The van der Waals surface area contributed by atoms with Gasteiger partial charge in [0, 0.05) is 31.0 Å². The lowest BCUT2D eigenvalue weighted by Gasteiger charge is -2.38. The summed E-state index contributed by atoms with van der Waals surface area (Å²) in [7, 11) is 0. The summed E-state index contributed by atoms with van der Waals surface area (Å²) in [5, 5.41) is 7.59. The van der Waals surface area contributed by atoms with Crippen molar-refractivity contribution in [3.05, 3.63) is 70.8 Å². The fourth-order valence-electron chi connectivity index (χ4n) is 3.83. The van der Waals surface area contributed by atoms with E-state index in [1.54, 1.807) is 0 Å². The number of H-pyrrole nitrogens is 1. The molecule has 2 aliphatic rings. The van der Waals surface area contributed by atoms with E-state index in [1.807, 2.05) is 29.2 Å². The number of carbonyl (C=O) groups excluding carboxylic acids is 1. The number of amides is 1. The number of nitrogens with zero attached hydrogens (tertiary/aromatic N) is 4. The van der Waals surface area contributed by atoms with Gasteiger partial charge in [0.15, 0.2) is 0 Å². The highest BCUT2D eigenvalue weighted by molar-refractivity contribution is 5.84. The highest BCUT2D eigenvalue weighted by Gasteiger charge is 2.35. The standard InChI is InChI=1S/C22H24N6O/c23-21(29)20-8-9-28(20)22-24-16(10-14-4-2-1-3-5-14)11-17(25-22)12-18-13-19(27-26-18)15-6-7-15/h1-5,11,13,15,20H,6-10,12H2,(H2,23,29)(H,26,27)/t20-/m0/s1. The fourth-order valence-corrected chi connectivity index (χ4v) is 3.83. The second-order valence-electron chi connectivity index (χ2n) is 7.98. The van der Waals surface area contributed by atoms with E-state index in [4.69, 9.17) is 15.7 Å². The van der Waals surface area contributed by atoms with Crippen molar-refractivity contribution in [3.8, 4) is 0 Å². The molecule has 1 saturated carbocycles. The molecule has 7 nitrogen and oxygen atoms in total. The summed E-state index contributed by atoms with van der Waals surface area (Å²) < 4.78 is 0. The number of benzene rings is 1. The Kier molecular flexibility index (Phi) is 4.50. The van der Waals surface area contributed by atoms with Crippen molar-refractivity contribution in [2.24, 2.45) is 5.73 Å². The Morgan fingerprint density at radius 1 is 1.07 bits per heavy atom. The third-order valence-electron chi connectivity index (χ3n) is 5.67. The summed E-state index contributed by atoms with van der Waals surface area (Å²) in [5.74, 6) is 0.884. The molecule has 3 aromatic rings. The van der Waals surface area contributed by atoms with E-state index < -0.39 is 0 Å². The molecule has 7 heteroatoms. The lowest BCUT2D eigenvalue weighted by atomic mass is 10.0. The molecule has 0 radical (unpaired) electrons. The Bertz CT molecular complexity index is 1030. The highest BCUT2D eigenvalue weighted by Crippen LogP contribution is 2.39. The van der Waals surface area contributed by atoms with E-state index in [-0.39, 0.29) is 11.9 Å². The molecule has 1 aromatic carbocycles. The van der Waals surface area contributed by atoms with E-state index in [2.05, 4.69) is 28.4 Å². The second kappa shape index (κ2) is 7.31. The van der Waals surface area contributed by atoms with Gasteiger partial charge in [-0.2, -0.15) is 5.10 Å². The number of carbonyl (C=O) groups is 1. The van der Waals surface area contributed by atoms with Crippen LogP contribution in [0.4, 0.5) is 5.95 Å². The van der Waals surface area contributed by atoms with Crippen molar-refractivity contribution in [1.29, 1.82) is 0 Å². The summed E-state index contributed by atoms with van der Waals surface area (Å²) in [6.45, 7) is 0.748. The Balaban J connectivity index is 1.44. The Morgan fingerprint density at radius 3 is 2.48 bits per heavy atom. The van der Waals surface area contributed by atoms with Crippen LogP contribution < -0.4 is 10.6 Å². The molecule has 1 aliphatic heterocycles. The van der Waals surface area contributed by atoms with Crippen LogP contribution in [-0.2, 0) is 17.6 Å². The predicted molar refractivity (Wildman–Crippen MR) is 110 cm³/mol. The zero-order valence-corrected chi connectivity index (χ0v) is 16.2. The average molecular weight is 388 g/mol. The van der Waals surface area contributed by atoms with Crippen molar-refractivity contribution < 1.29 is 4.79 Å². The lowest BCUT2D eigenvalue weighted by Crippen LogP contribution is -2.55. The molecular formula is C22H24N6O. The van der Waals surface area contributed by atoms with Crippen LogP contribution in [0.1, 0.15) is 53.5 Å². The van der Waals surface area contributed by atoms with Gasteiger partial charge in [-0.15, -0.1) is 0 Å². The minimum atomic E-state index is -0.322. The van der Waals surface area contributed by atoms with Crippen LogP contribution in [0.5, 0.6) is 0 Å². The molecule has 0 spiro atoms. The summed E-state index contributed by atoms with van der Waals surface area (Å²) in [4.78, 5) is 23.1. The number of aromatic amines is 1. The third kappa shape index (κ3) is 3.85. The van der Waals surface area contributed by atoms with Gasteiger partial charge >= 0.3 is 0 Å². The van der Waals surface area contributed by atoms with Gasteiger partial charge in [0.2, 0.25) is 11.9 Å². The average Bonchev–Trinajstić information content (AvgIpc) is 3.41. The number of nitrogens with two attached hydrogens (primary N) is 1. The van der Waals surface area contributed by atoms with Crippen molar-refractivity contribution in [2.75, 3.05) is 11.4 Å². The maximum atomic E-state index is 11.7. The van der Waals surface area contributed by atoms with Gasteiger partial charge in [-0.05, 0) is 37.0 Å². The molecule has 29 heavy (non-hydrogen) atoms. The molecule has 1 atom stereocenters. The first-order valence-corrected chi connectivity index (χ1v) is 10.2.